The third-order valence-corrected chi connectivity index (χ3v) is 5.24. The molecular formula is C17H22N3O3S+. The number of benzene rings is 1. The van der Waals surface area contributed by atoms with E-state index in [4.69, 9.17) is 26.1 Å². The summed E-state index contributed by atoms with van der Waals surface area (Å²) in [6.07, 6.45) is 5.07. The molecule has 2 aliphatic rings. The molecule has 7 heteroatoms. The standard InChI is InChI=1S/C17H21N3O3S/c1-2-13-5-3-4-8-19(13)10-20-17(24)23-16(18-20)12-6-7-14-15(9-12)22-11-21-14/h6-7,9,13H,2-5,8,10-11H2,1H3/p+1/t13-/m0/s1. The number of likely N-dealkylation sites (tertiary alicyclic amines) is 1. The molecule has 3 heterocycles. The second kappa shape index (κ2) is 6.57. The monoisotopic (exact) mass is 348 g/mol. The maximum Gasteiger partial charge on any atom is 0.292 e. The second-order valence-electron chi connectivity index (χ2n) is 6.41. The highest BCUT2D eigenvalue weighted by Crippen LogP contribution is 2.35. The van der Waals surface area contributed by atoms with Crippen molar-refractivity contribution in [2.45, 2.75) is 45.3 Å². The summed E-state index contributed by atoms with van der Waals surface area (Å²) in [6.45, 7) is 4.46. The van der Waals surface area contributed by atoms with Crippen molar-refractivity contribution in [1.29, 1.82) is 0 Å². The van der Waals surface area contributed by atoms with Crippen molar-refractivity contribution >= 4 is 12.2 Å². The molecule has 0 amide bonds. The highest BCUT2D eigenvalue weighted by molar-refractivity contribution is 7.71. The van der Waals surface area contributed by atoms with Gasteiger partial charge in [-0.2, -0.15) is 4.68 Å². The molecule has 6 nitrogen and oxygen atoms in total. The van der Waals surface area contributed by atoms with E-state index in [0.29, 0.717) is 16.8 Å². The molecule has 0 radical (unpaired) electrons. The number of piperidine rings is 1. The summed E-state index contributed by atoms with van der Waals surface area (Å²) in [5.74, 6) is 2.00. The molecule has 24 heavy (non-hydrogen) atoms. The van der Waals surface area contributed by atoms with E-state index in [1.165, 1.54) is 32.2 Å². The Morgan fingerprint density at radius 1 is 1.29 bits per heavy atom. The predicted molar refractivity (Wildman–Crippen MR) is 90.6 cm³/mol. The van der Waals surface area contributed by atoms with Crippen molar-refractivity contribution in [3.05, 3.63) is 23.0 Å². The van der Waals surface area contributed by atoms with Crippen molar-refractivity contribution in [2.24, 2.45) is 0 Å². The van der Waals surface area contributed by atoms with Crippen molar-refractivity contribution in [2.75, 3.05) is 13.3 Å². The van der Waals surface area contributed by atoms with Crippen molar-refractivity contribution in [1.82, 2.24) is 9.78 Å². The summed E-state index contributed by atoms with van der Waals surface area (Å²) >= 11 is 5.38. The molecule has 1 aromatic heterocycles. The van der Waals surface area contributed by atoms with Crippen LogP contribution >= 0.6 is 12.2 Å². The van der Waals surface area contributed by atoms with Crippen LogP contribution in [-0.4, -0.2) is 29.2 Å². The zero-order valence-corrected chi connectivity index (χ0v) is 14.6. The molecule has 2 aliphatic heterocycles. The molecule has 0 bridgehead atoms. The third-order valence-electron chi connectivity index (χ3n) is 4.95. The predicted octanol–water partition coefficient (Wildman–Crippen LogP) is 2.41. The quantitative estimate of drug-likeness (QED) is 0.860. The maximum absolute atomic E-state index is 5.73. The van der Waals surface area contributed by atoms with Gasteiger partial charge in [0.2, 0.25) is 12.7 Å². The van der Waals surface area contributed by atoms with Crippen LogP contribution in [0, 0.1) is 4.84 Å². The molecule has 1 fully saturated rings. The van der Waals surface area contributed by atoms with E-state index in [2.05, 4.69) is 12.0 Å². The number of rotatable bonds is 4. The fourth-order valence-electron chi connectivity index (χ4n) is 3.60. The molecule has 128 valence electrons. The maximum atomic E-state index is 5.73. The van der Waals surface area contributed by atoms with Crippen LogP contribution in [0.25, 0.3) is 11.5 Å². The Morgan fingerprint density at radius 3 is 3.04 bits per heavy atom. The summed E-state index contributed by atoms with van der Waals surface area (Å²) in [5.41, 5.74) is 0.852. The number of aromatic nitrogens is 2. The van der Waals surface area contributed by atoms with Gasteiger partial charge < -0.3 is 18.8 Å². The van der Waals surface area contributed by atoms with Gasteiger partial charge in [0.25, 0.3) is 4.84 Å². The summed E-state index contributed by atoms with van der Waals surface area (Å²) < 4.78 is 18.3. The highest BCUT2D eigenvalue weighted by atomic mass is 32.1. The third kappa shape index (κ3) is 2.93. The van der Waals surface area contributed by atoms with E-state index in [1.54, 1.807) is 4.90 Å². The number of ether oxygens (including phenoxy) is 2. The number of nitrogens with zero attached hydrogens (tertiary/aromatic N) is 2. The SMILES string of the molecule is CC[C@H]1CCCC[NH+]1Cn1nc(-c2ccc3c(c2)OCO3)oc1=S. The number of hydrogen-bond acceptors (Lipinski definition) is 5. The van der Waals surface area contributed by atoms with E-state index in [9.17, 15) is 0 Å². The van der Waals surface area contributed by atoms with Gasteiger partial charge in [-0.1, -0.05) is 6.92 Å². The molecule has 1 N–H and O–H groups in total. The fraction of sp³-hybridized carbons (Fsp3) is 0.529. The van der Waals surface area contributed by atoms with Gasteiger partial charge in [-0.25, -0.2) is 0 Å². The molecule has 2 atom stereocenters. The Morgan fingerprint density at radius 2 is 2.17 bits per heavy atom. The molecule has 0 saturated carbocycles. The minimum atomic E-state index is 0.257. The van der Waals surface area contributed by atoms with Crippen LogP contribution in [0.4, 0.5) is 0 Å². The Labute approximate surface area is 146 Å². The van der Waals surface area contributed by atoms with Crippen molar-refractivity contribution in [3.8, 4) is 23.0 Å². The van der Waals surface area contributed by atoms with Gasteiger partial charge >= 0.3 is 0 Å². The summed E-state index contributed by atoms with van der Waals surface area (Å²) in [6, 6.07) is 6.36. The normalized spacial score (nSPS) is 22.7. The summed E-state index contributed by atoms with van der Waals surface area (Å²) in [7, 11) is 0. The average molecular weight is 348 g/mol. The molecule has 4 rings (SSSR count). The first kappa shape index (κ1) is 15.7. The van der Waals surface area contributed by atoms with E-state index in [-0.39, 0.29) is 6.79 Å². The first-order valence-corrected chi connectivity index (χ1v) is 8.98. The van der Waals surface area contributed by atoms with Crippen LogP contribution in [0.5, 0.6) is 11.5 Å². The second-order valence-corrected chi connectivity index (χ2v) is 6.76. The van der Waals surface area contributed by atoms with Crippen molar-refractivity contribution < 1.29 is 18.8 Å². The van der Waals surface area contributed by atoms with Gasteiger partial charge in [-0.05, 0) is 56.1 Å². The smallest absolute Gasteiger partial charge is 0.292 e. The first-order chi connectivity index (χ1) is 11.7. The number of fused-ring (bicyclic) bond motifs is 1. The largest absolute Gasteiger partial charge is 0.454 e. The van der Waals surface area contributed by atoms with E-state index >= 15 is 0 Å². The van der Waals surface area contributed by atoms with Crippen LogP contribution in [0.2, 0.25) is 0 Å². The topological polar surface area (TPSA) is 53.9 Å². The Kier molecular flexibility index (Phi) is 4.28. The van der Waals surface area contributed by atoms with E-state index in [1.807, 2.05) is 22.9 Å². The lowest BCUT2D eigenvalue weighted by molar-refractivity contribution is -0.953. The first-order valence-electron chi connectivity index (χ1n) is 8.57. The molecule has 1 unspecified atom stereocenters. The van der Waals surface area contributed by atoms with Crippen LogP contribution in [0.1, 0.15) is 32.6 Å². The Bertz CT molecular complexity index is 786. The van der Waals surface area contributed by atoms with Gasteiger partial charge in [0.15, 0.2) is 18.2 Å². The lowest BCUT2D eigenvalue weighted by Crippen LogP contribution is -3.15. The van der Waals surface area contributed by atoms with Gasteiger partial charge in [0.05, 0.1) is 12.6 Å². The summed E-state index contributed by atoms with van der Waals surface area (Å²) in [4.78, 5) is 1.97. The van der Waals surface area contributed by atoms with Gasteiger partial charge in [-0.3, -0.25) is 0 Å². The van der Waals surface area contributed by atoms with Crippen LogP contribution < -0.4 is 14.4 Å². The highest BCUT2D eigenvalue weighted by Gasteiger charge is 2.26. The van der Waals surface area contributed by atoms with Crippen LogP contribution in [-0.2, 0) is 6.67 Å². The zero-order chi connectivity index (χ0) is 16.5. The number of nitrogens with one attached hydrogen (secondary N) is 1. The molecule has 2 aromatic rings. The number of quaternary nitrogens is 1. The molecule has 0 aliphatic carbocycles. The Balaban J connectivity index is 1.57. The number of hydrogen-bond donors (Lipinski definition) is 1. The van der Waals surface area contributed by atoms with Crippen LogP contribution in [0.3, 0.4) is 0 Å². The molecule has 1 saturated heterocycles. The minimum Gasteiger partial charge on any atom is -0.454 e. The molecule has 0 spiro atoms. The fourth-order valence-corrected chi connectivity index (χ4v) is 3.78. The van der Waals surface area contributed by atoms with Gasteiger partial charge in [-0.15, -0.1) is 5.10 Å². The van der Waals surface area contributed by atoms with Gasteiger partial charge in [0, 0.05) is 5.56 Å². The van der Waals surface area contributed by atoms with Crippen LogP contribution in [0.15, 0.2) is 22.6 Å². The Hall–Kier alpha value is -1.86. The molecule has 1 aromatic carbocycles. The lowest BCUT2D eigenvalue weighted by Gasteiger charge is -2.31. The zero-order valence-electron chi connectivity index (χ0n) is 13.8. The molecular weight excluding hydrogens is 326 g/mol. The average Bonchev–Trinajstić information content (AvgIpc) is 3.21. The van der Waals surface area contributed by atoms with E-state index < -0.39 is 0 Å². The van der Waals surface area contributed by atoms with Crippen molar-refractivity contribution in [3.63, 3.8) is 0 Å². The minimum absolute atomic E-state index is 0.257. The lowest BCUT2D eigenvalue weighted by atomic mass is 10.0. The summed E-state index contributed by atoms with van der Waals surface area (Å²) in [5, 5.41) is 4.60. The van der Waals surface area contributed by atoms with Gasteiger partial charge in [0.1, 0.15) is 0 Å². The van der Waals surface area contributed by atoms with E-state index in [0.717, 1.165) is 23.7 Å².